The number of amides is 1. The molecule has 2 aromatic carbocycles. The van der Waals surface area contributed by atoms with Crippen molar-refractivity contribution in [1.82, 2.24) is 9.80 Å². The average Bonchev–Trinajstić information content (AvgIpc) is 3.28. The predicted molar refractivity (Wildman–Crippen MR) is 116 cm³/mol. The number of rotatable bonds is 7. The number of nitrogens with zero attached hydrogens (tertiary/aromatic N) is 3. The van der Waals surface area contributed by atoms with Gasteiger partial charge in [0.1, 0.15) is 11.5 Å². The molecule has 6 heteroatoms. The Bertz CT molecular complexity index is 935. The molecule has 1 aliphatic rings. The zero-order chi connectivity index (χ0) is 20.8. The van der Waals surface area contributed by atoms with Gasteiger partial charge < -0.3 is 19.3 Å². The van der Waals surface area contributed by atoms with Crippen LogP contribution >= 0.6 is 0 Å². The quantitative estimate of drug-likeness (QED) is 0.653. The van der Waals surface area contributed by atoms with Gasteiger partial charge in [-0.3, -0.25) is 9.69 Å². The second kappa shape index (κ2) is 9.50. The molecule has 156 valence electrons. The lowest BCUT2D eigenvalue weighted by Gasteiger charge is -2.36. The van der Waals surface area contributed by atoms with Crippen LogP contribution in [0.5, 0.6) is 5.75 Å². The van der Waals surface area contributed by atoms with Gasteiger partial charge in [0.2, 0.25) is 5.91 Å². The van der Waals surface area contributed by atoms with Crippen LogP contribution in [-0.2, 0) is 17.9 Å². The third kappa shape index (κ3) is 5.02. The molecule has 0 aliphatic carbocycles. The zero-order valence-corrected chi connectivity index (χ0v) is 17.0. The fourth-order valence-corrected chi connectivity index (χ4v) is 3.80. The lowest BCUT2D eigenvalue weighted by molar-refractivity contribution is -0.134. The summed E-state index contributed by atoms with van der Waals surface area (Å²) in [5, 5.41) is 10.1. The van der Waals surface area contributed by atoms with E-state index < -0.39 is 0 Å². The Morgan fingerprint density at radius 2 is 1.63 bits per heavy atom. The normalized spacial score (nSPS) is 14.6. The Morgan fingerprint density at radius 1 is 0.900 bits per heavy atom. The van der Waals surface area contributed by atoms with Crippen LogP contribution in [0.2, 0.25) is 0 Å². The number of anilines is 1. The number of carbonyl (C=O) groups is 1. The third-order valence-corrected chi connectivity index (χ3v) is 5.45. The molecule has 2 heterocycles. The minimum atomic E-state index is 0.0891. The SMILES string of the molecule is O=C(CN1CCN(c2ccccc2O)CC1)N(Cc1ccccc1)Cc1ccco1. The number of hydrogen-bond donors (Lipinski definition) is 1. The Balaban J connectivity index is 1.37. The topological polar surface area (TPSA) is 60.2 Å². The van der Waals surface area contributed by atoms with Gasteiger partial charge in [-0.2, -0.15) is 0 Å². The van der Waals surface area contributed by atoms with E-state index >= 15 is 0 Å². The Kier molecular flexibility index (Phi) is 6.35. The molecular weight excluding hydrogens is 378 g/mol. The van der Waals surface area contributed by atoms with Gasteiger partial charge in [-0.05, 0) is 29.8 Å². The number of carbonyl (C=O) groups excluding carboxylic acids is 1. The molecular formula is C24H27N3O3. The summed E-state index contributed by atoms with van der Waals surface area (Å²) in [5.74, 6) is 1.17. The van der Waals surface area contributed by atoms with Gasteiger partial charge in [0.05, 0.1) is 25.0 Å². The van der Waals surface area contributed by atoms with E-state index in [0.717, 1.165) is 43.2 Å². The van der Waals surface area contributed by atoms with Crippen molar-refractivity contribution in [3.8, 4) is 5.75 Å². The summed E-state index contributed by atoms with van der Waals surface area (Å²) in [6.07, 6.45) is 1.64. The molecule has 0 bridgehead atoms. The van der Waals surface area contributed by atoms with E-state index in [1.807, 2.05) is 65.6 Å². The largest absolute Gasteiger partial charge is 0.506 e. The molecule has 4 rings (SSSR count). The smallest absolute Gasteiger partial charge is 0.237 e. The van der Waals surface area contributed by atoms with E-state index in [1.165, 1.54) is 0 Å². The Morgan fingerprint density at radius 3 is 2.33 bits per heavy atom. The maximum absolute atomic E-state index is 13.1. The minimum absolute atomic E-state index is 0.0891. The van der Waals surface area contributed by atoms with Crippen LogP contribution in [0.1, 0.15) is 11.3 Å². The van der Waals surface area contributed by atoms with Crippen molar-refractivity contribution in [2.45, 2.75) is 13.1 Å². The van der Waals surface area contributed by atoms with Crippen LogP contribution in [0.3, 0.4) is 0 Å². The highest BCUT2D eigenvalue weighted by Gasteiger charge is 2.23. The zero-order valence-electron chi connectivity index (χ0n) is 17.0. The second-order valence-corrected chi connectivity index (χ2v) is 7.57. The van der Waals surface area contributed by atoms with E-state index in [2.05, 4.69) is 9.80 Å². The molecule has 0 saturated carbocycles. The first-order chi connectivity index (χ1) is 14.7. The summed E-state index contributed by atoms with van der Waals surface area (Å²) in [7, 11) is 0. The monoisotopic (exact) mass is 405 g/mol. The number of hydrogen-bond acceptors (Lipinski definition) is 5. The molecule has 30 heavy (non-hydrogen) atoms. The fourth-order valence-electron chi connectivity index (χ4n) is 3.80. The van der Waals surface area contributed by atoms with Crippen LogP contribution < -0.4 is 4.90 Å². The molecule has 0 radical (unpaired) electrons. The second-order valence-electron chi connectivity index (χ2n) is 7.57. The van der Waals surface area contributed by atoms with Crippen molar-refractivity contribution in [3.05, 3.63) is 84.3 Å². The first-order valence-electron chi connectivity index (χ1n) is 10.3. The number of aromatic hydroxyl groups is 1. The highest BCUT2D eigenvalue weighted by Crippen LogP contribution is 2.27. The number of furan rings is 1. The molecule has 1 saturated heterocycles. The maximum Gasteiger partial charge on any atom is 0.237 e. The predicted octanol–water partition coefficient (Wildman–Crippen LogP) is 3.34. The number of piperazine rings is 1. The van der Waals surface area contributed by atoms with Gasteiger partial charge in [0, 0.05) is 32.7 Å². The Hall–Kier alpha value is -3.25. The molecule has 3 aromatic rings. The van der Waals surface area contributed by atoms with E-state index in [1.54, 1.807) is 12.3 Å². The van der Waals surface area contributed by atoms with Crippen molar-refractivity contribution in [3.63, 3.8) is 0 Å². The first kappa shape index (κ1) is 20.0. The van der Waals surface area contributed by atoms with Gasteiger partial charge in [0.25, 0.3) is 0 Å². The molecule has 0 spiro atoms. The van der Waals surface area contributed by atoms with Gasteiger partial charge >= 0.3 is 0 Å². The van der Waals surface area contributed by atoms with E-state index in [9.17, 15) is 9.90 Å². The summed E-state index contributed by atoms with van der Waals surface area (Å²) >= 11 is 0. The molecule has 6 nitrogen and oxygen atoms in total. The average molecular weight is 405 g/mol. The number of para-hydroxylation sites is 2. The molecule has 1 fully saturated rings. The first-order valence-corrected chi connectivity index (χ1v) is 10.3. The highest BCUT2D eigenvalue weighted by atomic mass is 16.3. The van der Waals surface area contributed by atoms with Crippen molar-refractivity contribution >= 4 is 11.6 Å². The summed E-state index contributed by atoms with van der Waals surface area (Å²) in [4.78, 5) is 19.3. The van der Waals surface area contributed by atoms with Crippen LogP contribution in [0.4, 0.5) is 5.69 Å². The van der Waals surface area contributed by atoms with Crippen molar-refractivity contribution in [2.75, 3.05) is 37.6 Å². The van der Waals surface area contributed by atoms with Crippen LogP contribution in [-0.4, -0.2) is 53.5 Å². The van der Waals surface area contributed by atoms with Crippen molar-refractivity contribution < 1.29 is 14.3 Å². The summed E-state index contributed by atoms with van der Waals surface area (Å²) in [5.41, 5.74) is 1.95. The minimum Gasteiger partial charge on any atom is -0.506 e. The highest BCUT2D eigenvalue weighted by molar-refractivity contribution is 5.78. The Labute approximate surface area is 176 Å². The number of benzene rings is 2. The van der Waals surface area contributed by atoms with Gasteiger partial charge in [0.15, 0.2) is 0 Å². The van der Waals surface area contributed by atoms with Crippen LogP contribution in [0.25, 0.3) is 0 Å². The fraction of sp³-hybridized carbons (Fsp3) is 0.292. The maximum atomic E-state index is 13.1. The molecule has 1 amide bonds. The summed E-state index contributed by atoms with van der Waals surface area (Å²) in [6.45, 7) is 4.50. The molecule has 1 aliphatic heterocycles. The van der Waals surface area contributed by atoms with Gasteiger partial charge in [-0.1, -0.05) is 42.5 Å². The van der Waals surface area contributed by atoms with Crippen molar-refractivity contribution in [1.29, 1.82) is 0 Å². The van der Waals surface area contributed by atoms with Gasteiger partial charge in [-0.15, -0.1) is 0 Å². The third-order valence-electron chi connectivity index (χ3n) is 5.45. The standard InChI is InChI=1S/C24H27N3O3/c28-23-11-5-4-10-22(23)26-14-12-25(13-15-26)19-24(29)27(18-21-9-6-16-30-21)17-20-7-2-1-3-8-20/h1-11,16,28H,12-15,17-19H2. The molecule has 1 aromatic heterocycles. The van der Waals surface area contributed by atoms with Crippen molar-refractivity contribution in [2.24, 2.45) is 0 Å². The number of phenolic OH excluding ortho intramolecular Hbond substituents is 1. The van der Waals surface area contributed by atoms with E-state index in [0.29, 0.717) is 25.4 Å². The van der Waals surface area contributed by atoms with Crippen LogP contribution in [0, 0.1) is 0 Å². The van der Waals surface area contributed by atoms with Crippen LogP contribution in [0.15, 0.2) is 77.4 Å². The van der Waals surface area contributed by atoms with Gasteiger partial charge in [-0.25, -0.2) is 0 Å². The van der Waals surface area contributed by atoms with E-state index in [-0.39, 0.29) is 5.91 Å². The lowest BCUT2D eigenvalue weighted by Crippen LogP contribution is -2.50. The number of phenols is 1. The summed E-state index contributed by atoms with van der Waals surface area (Å²) in [6, 6.07) is 21.2. The van der Waals surface area contributed by atoms with E-state index in [4.69, 9.17) is 4.42 Å². The lowest BCUT2D eigenvalue weighted by atomic mass is 10.2. The molecule has 1 N–H and O–H groups in total. The molecule has 0 atom stereocenters. The summed E-state index contributed by atoms with van der Waals surface area (Å²) < 4.78 is 5.48. The molecule has 0 unspecified atom stereocenters.